The Hall–Kier alpha value is -2.29. The Bertz CT molecular complexity index is 646. The van der Waals surface area contributed by atoms with E-state index < -0.39 is 0 Å². The number of ketones is 1. The van der Waals surface area contributed by atoms with Crippen LogP contribution in [0.15, 0.2) is 42.5 Å². The first-order valence-corrected chi connectivity index (χ1v) is 6.68. The summed E-state index contributed by atoms with van der Waals surface area (Å²) in [4.78, 5) is 11.6. The Morgan fingerprint density at radius 1 is 1.05 bits per heavy atom. The zero-order valence-corrected chi connectivity index (χ0v) is 11.4. The van der Waals surface area contributed by atoms with Crippen LogP contribution in [0.3, 0.4) is 0 Å². The van der Waals surface area contributed by atoms with Gasteiger partial charge in [-0.3, -0.25) is 4.79 Å². The molecule has 20 heavy (non-hydrogen) atoms. The third-order valence-electron chi connectivity index (χ3n) is 3.54. The summed E-state index contributed by atoms with van der Waals surface area (Å²) in [5, 5.41) is 0. The Labute approximate surface area is 118 Å². The molecule has 0 amide bonds. The van der Waals surface area contributed by atoms with Gasteiger partial charge in [-0.15, -0.1) is 0 Å². The van der Waals surface area contributed by atoms with Crippen LogP contribution < -0.4 is 9.47 Å². The third kappa shape index (κ3) is 2.52. The molecule has 0 unspecified atom stereocenters. The van der Waals surface area contributed by atoms with Gasteiger partial charge in [-0.05, 0) is 47.9 Å². The number of methoxy groups -OCH3 is 1. The van der Waals surface area contributed by atoms with Crippen molar-refractivity contribution in [1.82, 2.24) is 0 Å². The van der Waals surface area contributed by atoms with Gasteiger partial charge in [0.25, 0.3) is 0 Å². The smallest absolute Gasteiger partial charge is 0.163 e. The zero-order valence-electron chi connectivity index (χ0n) is 11.4. The van der Waals surface area contributed by atoms with Gasteiger partial charge in [0.05, 0.1) is 7.11 Å². The van der Waals surface area contributed by atoms with Gasteiger partial charge in [0.2, 0.25) is 0 Å². The number of aryl methyl sites for hydroxylation is 1. The van der Waals surface area contributed by atoms with Crippen LogP contribution in [0.1, 0.15) is 27.9 Å². The molecule has 0 aliphatic heterocycles. The van der Waals surface area contributed by atoms with E-state index in [9.17, 15) is 4.79 Å². The van der Waals surface area contributed by atoms with Gasteiger partial charge in [-0.1, -0.05) is 12.1 Å². The van der Waals surface area contributed by atoms with Crippen molar-refractivity contribution in [3.63, 3.8) is 0 Å². The van der Waals surface area contributed by atoms with Crippen LogP contribution in [-0.4, -0.2) is 12.9 Å². The van der Waals surface area contributed by atoms with Crippen molar-refractivity contribution < 1.29 is 14.3 Å². The topological polar surface area (TPSA) is 35.5 Å². The van der Waals surface area contributed by atoms with Gasteiger partial charge >= 0.3 is 0 Å². The molecule has 3 heteroatoms. The molecule has 0 bridgehead atoms. The Balaban J connectivity index is 1.71. The molecule has 0 fully saturated rings. The van der Waals surface area contributed by atoms with Gasteiger partial charge < -0.3 is 9.47 Å². The number of hydrogen-bond acceptors (Lipinski definition) is 3. The minimum atomic E-state index is 0.236. The van der Waals surface area contributed by atoms with E-state index in [1.165, 1.54) is 0 Å². The average Bonchev–Trinajstić information content (AvgIpc) is 2.86. The first kappa shape index (κ1) is 12.7. The molecule has 1 aliphatic rings. The molecule has 3 rings (SSSR count). The maximum Gasteiger partial charge on any atom is 0.163 e. The normalized spacial score (nSPS) is 13.2. The number of Topliss-reactive ketones (excluding diaryl/α,β-unsaturated/α-hetero) is 1. The molecule has 0 saturated heterocycles. The van der Waals surface area contributed by atoms with Crippen LogP contribution in [0.25, 0.3) is 0 Å². The van der Waals surface area contributed by atoms with Gasteiger partial charge in [0.15, 0.2) is 5.78 Å². The molecular formula is C17H16O3. The fraction of sp³-hybridized carbons (Fsp3) is 0.235. The lowest BCUT2D eigenvalue weighted by Gasteiger charge is -2.09. The average molecular weight is 268 g/mol. The molecule has 0 spiro atoms. The van der Waals surface area contributed by atoms with Crippen molar-refractivity contribution >= 4 is 5.78 Å². The van der Waals surface area contributed by atoms with Crippen molar-refractivity contribution in [1.29, 1.82) is 0 Å². The molecule has 2 aromatic rings. The summed E-state index contributed by atoms with van der Waals surface area (Å²) in [7, 11) is 1.65. The number of benzene rings is 2. The fourth-order valence-corrected chi connectivity index (χ4v) is 2.45. The van der Waals surface area contributed by atoms with E-state index in [0.717, 1.165) is 34.6 Å². The van der Waals surface area contributed by atoms with Crippen molar-refractivity contribution in [2.24, 2.45) is 0 Å². The van der Waals surface area contributed by atoms with Crippen molar-refractivity contribution in [2.45, 2.75) is 19.4 Å². The molecule has 0 aromatic heterocycles. The highest BCUT2D eigenvalue weighted by molar-refractivity contribution is 6.00. The van der Waals surface area contributed by atoms with E-state index in [1.807, 2.05) is 42.5 Å². The first-order valence-electron chi connectivity index (χ1n) is 6.68. The zero-order chi connectivity index (χ0) is 13.9. The highest BCUT2D eigenvalue weighted by Gasteiger charge is 2.19. The van der Waals surface area contributed by atoms with Crippen LogP contribution in [0.5, 0.6) is 11.5 Å². The Morgan fingerprint density at radius 2 is 1.95 bits per heavy atom. The SMILES string of the molecule is COc1cccc(COc2ccc3c(c2)CCC3=O)c1. The minimum Gasteiger partial charge on any atom is -0.497 e. The maximum absolute atomic E-state index is 11.6. The number of ether oxygens (including phenoxy) is 2. The second-order valence-electron chi connectivity index (χ2n) is 4.88. The van der Waals surface area contributed by atoms with Gasteiger partial charge in [0.1, 0.15) is 18.1 Å². The van der Waals surface area contributed by atoms with E-state index in [1.54, 1.807) is 7.11 Å². The van der Waals surface area contributed by atoms with Crippen molar-refractivity contribution in [3.05, 3.63) is 59.2 Å². The summed E-state index contributed by atoms with van der Waals surface area (Å²) in [6, 6.07) is 13.5. The van der Waals surface area contributed by atoms with Gasteiger partial charge in [-0.25, -0.2) is 0 Å². The number of carbonyl (C=O) groups excluding carboxylic acids is 1. The first-order chi connectivity index (χ1) is 9.76. The Kier molecular flexibility index (Phi) is 3.42. The summed E-state index contributed by atoms with van der Waals surface area (Å²) in [6.45, 7) is 0.490. The quantitative estimate of drug-likeness (QED) is 0.852. The summed E-state index contributed by atoms with van der Waals surface area (Å²) in [6.07, 6.45) is 1.44. The lowest BCUT2D eigenvalue weighted by Crippen LogP contribution is -1.97. The molecule has 2 aromatic carbocycles. The van der Waals surface area contributed by atoms with E-state index in [-0.39, 0.29) is 5.78 Å². The predicted octanol–water partition coefficient (Wildman–Crippen LogP) is 3.40. The second kappa shape index (κ2) is 5.37. The highest BCUT2D eigenvalue weighted by Crippen LogP contribution is 2.26. The fourth-order valence-electron chi connectivity index (χ4n) is 2.45. The largest absolute Gasteiger partial charge is 0.497 e. The molecule has 3 nitrogen and oxygen atoms in total. The van der Waals surface area contributed by atoms with Gasteiger partial charge in [-0.2, -0.15) is 0 Å². The van der Waals surface area contributed by atoms with Crippen LogP contribution in [0.2, 0.25) is 0 Å². The predicted molar refractivity (Wildman–Crippen MR) is 76.4 cm³/mol. The number of carbonyl (C=O) groups is 1. The van der Waals surface area contributed by atoms with Crippen LogP contribution >= 0.6 is 0 Å². The highest BCUT2D eigenvalue weighted by atomic mass is 16.5. The monoisotopic (exact) mass is 268 g/mol. The lowest BCUT2D eigenvalue weighted by atomic mass is 10.1. The van der Waals surface area contributed by atoms with E-state index >= 15 is 0 Å². The van der Waals surface area contributed by atoms with E-state index in [0.29, 0.717) is 13.0 Å². The molecular weight excluding hydrogens is 252 g/mol. The van der Waals surface area contributed by atoms with E-state index in [2.05, 4.69) is 0 Å². The lowest BCUT2D eigenvalue weighted by molar-refractivity contribution is 0.0994. The number of hydrogen-bond donors (Lipinski definition) is 0. The molecule has 0 N–H and O–H groups in total. The van der Waals surface area contributed by atoms with Gasteiger partial charge in [0, 0.05) is 12.0 Å². The molecule has 0 heterocycles. The summed E-state index contributed by atoms with van der Waals surface area (Å²) in [5.74, 6) is 1.87. The number of rotatable bonds is 4. The van der Waals surface area contributed by atoms with Crippen LogP contribution in [-0.2, 0) is 13.0 Å². The standard InChI is InChI=1S/C17H16O3/c1-19-14-4-2-3-12(9-14)11-20-15-6-7-16-13(10-15)5-8-17(16)18/h2-4,6-7,9-10H,5,8,11H2,1H3. The molecule has 0 radical (unpaired) electrons. The molecule has 1 aliphatic carbocycles. The summed E-state index contributed by atoms with van der Waals surface area (Å²) < 4.78 is 11.0. The number of fused-ring (bicyclic) bond motifs is 1. The van der Waals surface area contributed by atoms with Crippen LogP contribution in [0.4, 0.5) is 0 Å². The third-order valence-corrected chi connectivity index (χ3v) is 3.54. The minimum absolute atomic E-state index is 0.236. The van der Waals surface area contributed by atoms with Crippen LogP contribution in [0, 0.1) is 0 Å². The Morgan fingerprint density at radius 3 is 2.80 bits per heavy atom. The molecule has 102 valence electrons. The molecule has 0 atom stereocenters. The maximum atomic E-state index is 11.6. The van der Waals surface area contributed by atoms with E-state index in [4.69, 9.17) is 9.47 Å². The van der Waals surface area contributed by atoms with Crippen molar-refractivity contribution in [2.75, 3.05) is 7.11 Å². The summed E-state index contributed by atoms with van der Waals surface area (Å²) >= 11 is 0. The summed E-state index contributed by atoms with van der Waals surface area (Å²) in [5.41, 5.74) is 3.00. The second-order valence-corrected chi connectivity index (χ2v) is 4.88. The molecule has 0 saturated carbocycles. The van der Waals surface area contributed by atoms with Crippen molar-refractivity contribution in [3.8, 4) is 11.5 Å².